The molecule has 1 saturated carbocycles. The van der Waals surface area contributed by atoms with Gasteiger partial charge in [0, 0.05) is 10.9 Å². The van der Waals surface area contributed by atoms with Crippen LogP contribution in [0.15, 0.2) is 12.1 Å². The number of rotatable bonds is 7. The largest absolute Gasteiger partial charge is 0.314 e. The van der Waals surface area contributed by atoms with Gasteiger partial charge in [-0.05, 0) is 43.9 Å². The lowest BCUT2D eigenvalue weighted by Crippen LogP contribution is -2.31. The molecule has 1 heterocycles. The Labute approximate surface area is 126 Å². The van der Waals surface area contributed by atoms with Gasteiger partial charge in [0.15, 0.2) is 0 Å². The summed E-state index contributed by atoms with van der Waals surface area (Å²) in [5.41, 5.74) is 0. The summed E-state index contributed by atoms with van der Waals surface area (Å²) in [6, 6.07) is 4.82. The van der Waals surface area contributed by atoms with Gasteiger partial charge in [-0.1, -0.05) is 50.6 Å². The van der Waals surface area contributed by atoms with E-state index in [1.165, 1.54) is 49.8 Å². The van der Waals surface area contributed by atoms with Crippen LogP contribution < -0.4 is 5.32 Å². The van der Waals surface area contributed by atoms with Crippen LogP contribution in [0.25, 0.3) is 0 Å². The van der Waals surface area contributed by atoms with E-state index < -0.39 is 0 Å². The molecule has 1 atom stereocenters. The van der Waals surface area contributed by atoms with E-state index in [0.29, 0.717) is 6.04 Å². The minimum atomic E-state index is 0.627. The average Bonchev–Trinajstić information content (AvgIpc) is 2.83. The molecule has 1 aromatic rings. The Morgan fingerprint density at radius 3 is 2.74 bits per heavy atom. The Balaban J connectivity index is 1.78. The molecule has 19 heavy (non-hydrogen) atoms. The molecule has 3 heteroatoms. The number of hydrogen-bond acceptors (Lipinski definition) is 2. The van der Waals surface area contributed by atoms with Crippen molar-refractivity contribution in [3.63, 3.8) is 0 Å². The normalized spacial score (nSPS) is 18.6. The Hall–Kier alpha value is -0.0500. The summed E-state index contributed by atoms with van der Waals surface area (Å²) in [6.07, 6.45) is 11.1. The van der Waals surface area contributed by atoms with E-state index in [-0.39, 0.29) is 0 Å². The highest BCUT2D eigenvalue weighted by Crippen LogP contribution is 2.29. The lowest BCUT2D eigenvalue weighted by molar-refractivity contribution is 0.313. The highest BCUT2D eigenvalue weighted by molar-refractivity contribution is 7.16. The van der Waals surface area contributed by atoms with Gasteiger partial charge in [-0.25, -0.2) is 0 Å². The van der Waals surface area contributed by atoms with Crippen molar-refractivity contribution in [1.29, 1.82) is 0 Å². The van der Waals surface area contributed by atoms with Crippen LogP contribution in [0, 0.1) is 5.92 Å². The lowest BCUT2D eigenvalue weighted by atomic mass is 9.85. The van der Waals surface area contributed by atoms with Crippen LogP contribution in [-0.4, -0.2) is 12.6 Å². The second-order valence-corrected chi connectivity index (χ2v) is 7.55. The van der Waals surface area contributed by atoms with Crippen LogP contribution in [0.2, 0.25) is 4.34 Å². The quantitative estimate of drug-likeness (QED) is 0.722. The maximum absolute atomic E-state index is 6.02. The van der Waals surface area contributed by atoms with Gasteiger partial charge in [0.1, 0.15) is 0 Å². The molecule has 1 aliphatic carbocycles. The maximum Gasteiger partial charge on any atom is 0.0931 e. The van der Waals surface area contributed by atoms with Crippen molar-refractivity contribution in [1.82, 2.24) is 5.32 Å². The number of thiophene rings is 1. The van der Waals surface area contributed by atoms with Gasteiger partial charge < -0.3 is 5.32 Å². The fourth-order valence-corrected chi connectivity index (χ4v) is 4.35. The fraction of sp³-hybridized carbons (Fsp3) is 0.750. The average molecular weight is 300 g/mol. The standard InChI is InChI=1S/C16H26ClNS/c1-2-18-14(12-15-10-11-16(17)19-15)9-8-13-6-4-3-5-7-13/h10-11,13-14,18H,2-9,12H2,1H3. The van der Waals surface area contributed by atoms with Crippen LogP contribution in [0.3, 0.4) is 0 Å². The van der Waals surface area contributed by atoms with Gasteiger partial charge in [-0.3, -0.25) is 0 Å². The Morgan fingerprint density at radius 2 is 2.11 bits per heavy atom. The highest BCUT2D eigenvalue weighted by Gasteiger charge is 2.16. The molecule has 1 nitrogen and oxygen atoms in total. The van der Waals surface area contributed by atoms with E-state index in [2.05, 4.69) is 18.3 Å². The zero-order chi connectivity index (χ0) is 13.5. The number of likely N-dealkylation sites (N-methyl/N-ethyl adjacent to an activating group) is 1. The minimum absolute atomic E-state index is 0.627. The van der Waals surface area contributed by atoms with Gasteiger partial charge in [-0.15, -0.1) is 11.3 Å². The summed E-state index contributed by atoms with van der Waals surface area (Å²) in [4.78, 5) is 1.42. The summed E-state index contributed by atoms with van der Waals surface area (Å²) in [5, 5.41) is 3.64. The number of halogens is 1. The molecule has 0 amide bonds. The Bertz CT molecular complexity index is 357. The van der Waals surface area contributed by atoms with E-state index in [9.17, 15) is 0 Å². The third kappa shape index (κ3) is 5.45. The zero-order valence-electron chi connectivity index (χ0n) is 12.0. The second-order valence-electron chi connectivity index (χ2n) is 5.75. The zero-order valence-corrected chi connectivity index (χ0v) is 13.5. The van der Waals surface area contributed by atoms with Crippen molar-refractivity contribution < 1.29 is 0 Å². The first kappa shape index (κ1) is 15.3. The van der Waals surface area contributed by atoms with Crippen molar-refractivity contribution in [3.8, 4) is 0 Å². The molecule has 0 saturated heterocycles. The molecule has 0 radical (unpaired) electrons. The first-order valence-corrected chi connectivity index (χ1v) is 8.95. The minimum Gasteiger partial charge on any atom is -0.314 e. The molecule has 0 bridgehead atoms. The molecule has 1 N–H and O–H groups in total. The van der Waals surface area contributed by atoms with Gasteiger partial charge in [0.25, 0.3) is 0 Å². The second kappa shape index (κ2) is 8.28. The topological polar surface area (TPSA) is 12.0 Å². The maximum atomic E-state index is 6.02. The molecule has 1 aromatic heterocycles. The van der Waals surface area contributed by atoms with Crippen LogP contribution >= 0.6 is 22.9 Å². The Morgan fingerprint density at radius 1 is 1.32 bits per heavy atom. The van der Waals surface area contributed by atoms with Crippen molar-refractivity contribution >= 4 is 22.9 Å². The molecular weight excluding hydrogens is 274 g/mol. The molecule has 1 fully saturated rings. The number of hydrogen-bond donors (Lipinski definition) is 1. The van der Waals surface area contributed by atoms with E-state index in [0.717, 1.165) is 23.2 Å². The molecule has 108 valence electrons. The lowest BCUT2D eigenvalue weighted by Gasteiger charge is -2.24. The third-order valence-electron chi connectivity index (χ3n) is 4.22. The first-order valence-electron chi connectivity index (χ1n) is 7.75. The predicted octanol–water partition coefficient (Wildman–Crippen LogP) is 5.28. The SMILES string of the molecule is CCNC(CCC1CCCCC1)Cc1ccc(Cl)s1. The van der Waals surface area contributed by atoms with Crippen molar-refractivity contribution in [2.75, 3.05) is 6.54 Å². The van der Waals surface area contributed by atoms with Crippen LogP contribution in [0.4, 0.5) is 0 Å². The molecule has 0 aliphatic heterocycles. The smallest absolute Gasteiger partial charge is 0.0931 e. The summed E-state index contributed by atoms with van der Waals surface area (Å²) in [6.45, 7) is 3.27. The highest BCUT2D eigenvalue weighted by atomic mass is 35.5. The molecular formula is C16H26ClNS. The molecule has 1 unspecified atom stereocenters. The van der Waals surface area contributed by atoms with E-state index in [4.69, 9.17) is 11.6 Å². The molecule has 0 spiro atoms. The monoisotopic (exact) mass is 299 g/mol. The summed E-state index contributed by atoms with van der Waals surface area (Å²) < 4.78 is 0.914. The summed E-state index contributed by atoms with van der Waals surface area (Å²) in [5.74, 6) is 0.988. The van der Waals surface area contributed by atoms with Crippen molar-refractivity contribution in [2.45, 2.75) is 64.3 Å². The van der Waals surface area contributed by atoms with Crippen molar-refractivity contribution in [3.05, 3.63) is 21.3 Å². The van der Waals surface area contributed by atoms with Gasteiger partial charge in [0.05, 0.1) is 4.34 Å². The third-order valence-corrected chi connectivity index (χ3v) is 5.47. The van der Waals surface area contributed by atoms with Gasteiger partial charge in [-0.2, -0.15) is 0 Å². The molecule has 2 rings (SSSR count). The van der Waals surface area contributed by atoms with Crippen LogP contribution in [-0.2, 0) is 6.42 Å². The molecule has 0 aromatic carbocycles. The van der Waals surface area contributed by atoms with Crippen LogP contribution in [0.5, 0.6) is 0 Å². The van der Waals surface area contributed by atoms with Crippen molar-refractivity contribution in [2.24, 2.45) is 5.92 Å². The van der Waals surface area contributed by atoms with E-state index in [1.807, 2.05) is 6.07 Å². The van der Waals surface area contributed by atoms with Crippen LogP contribution in [0.1, 0.15) is 56.7 Å². The van der Waals surface area contributed by atoms with E-state index in [1.54, 1.807) is 11.3 Å². The fourth-order valence-electron chi connectivity index (χ4n) is 3.18. The van der Waals surface area contributed by atoms with E-state index >= 15 is 0 Å². The number of nitrogens with one attached hydrogen (secondary N) is 1. The van der Waals surface area contributed by atoms with Gasteiger partial charge >= 0.3 is 0 Å². The summed E-state index contributed by atoms with van der Waals surface area (Å²) in [7, 11) is 0. The summed E-state index contributed by atoms with van der Waals surface area (Å²) >= 11 is 7.75. The Kier molecular flexibility index (Phi) is 6.69. The predicted molar refractivity (Wildman–Crippen MR) is 86.3 cm³/mol. The van der Waals surface area contributed by atoms with Gasteiger partial charge in [0.2, 0.25) is 0 Å². The molecule has 1 aliphatic rings. The first-order chi connectivity index (χ1) is 9.28.